The summed E-state index contributed by atoms with van der Waals surface area (Å²) in [5.41, 5.74) is 0. The summed E-state index contributed by atoms with van der Waals surface area (Å²) in [5.74, 6) is -0.00644. The van der Waals surface area contributed by atoms with Gasteiger partial charge in [-0.15, -0.1) is 0 Å². The number of carbonyl (C=O) groups is 1. The highest BCUT2D eigenvalue weighted by atomic mass is 16.3. The van der Waals surface area contributed by atoms with Crippen molar-refractivity contribution in [3.63, 3.8) is 0 Å². The summed E-state index contributed by atoms with van der Waals surface area (Å²) in [4.78, 5) is 11.3. The lowest BCUT2D eigenvalue weighted by molar-refractivity contribution is -0.120. The first-order chi connectivity index (χ1) is 7.10. The minimum absolute atomic E-state index is 0.00644. The standard InChI is InChI=1S/C11H24N2O2/c1-4-6-10(14)7-12-8-11(15)13-9(3)5-2/h9-10,12,14H,4-8H2,1-3H3,(H,13,15). The van der Waals surface area contributed by atoms with Crippen LogP contribution in [0.3, 0.4) is 0 Å². The van der Waals surface area contributed by atoms with E-state index in [4.69, 9.17) is 0 Å². The van der Waals surface area contributed by atoms with E-state index >= 15 is 0 Å². The molecule has 0 aliphatic rings. The maximum absolute atomic E-state index is 11.3. The number of hydrogen-bond donors (Lipinski definition) is 3. The van der Waals surface area contributed by atoms with Gasteiger partial charge in [0.2, 0.25) is 5.91 Å². The van der Waals surface area contributed by atoms with Crippen LogP contribution >= 0.6 is 0 Å². The van der Waals surface area contributed by atoms with Crippen LogP contribution in [-0.4, -0.2) is 36.2 Å². The molecule has 4 nitrogen and oxygen atoms in total. The molecule has 0 aromatic carbocycles. The molecule has 0 rings (SSSR count). The second-order valence-electron chi connectivity index (χ2n) is 3.95. The van der Waals surface area contributed by atoms with Crippen molar-refractivity contribution in [1.82, 2.24) is 10.6 Å². The summed E-state index contributed by atoms with van der Waals surface area (Å²) in [7, 11) is 0. The summed E-state index contributed by atoms with van der Waals surface area (Å²) < 4.78 is 0. The van der Waals surface area contributed by atoms with E-state index in [1.807, 2.05) is 20.8 Å². The van der Waals surface area contributed by atoms with Crippen molar-refractivity contribution in [2.24, 2.45) is 0 Å². The molecule has 0 saturated heterocycles. The predicted molar refractivity (Wildman–Crippen MR) is 61.7 cm³/mol. The Labute approximate surface area is 92.4 Å². The Balaban J connectivity index is 3.46. The second kappa shape index (κ2) is 8.68. The van der Waals surface area contributed by atoms with Crippen molar-refractivity contribution in [3.05, 3.63) is 0 Å². The molecule has 15 heavy (non-hydrogen) atoms. The lowest BCUT2D eigenvalue weighted by atomic mass is 10.2. The molecular formula is C11H24N2O2. The van der Waals surface area contributed by atoms with Crippen molar-refractivity contribution < 1.29 is 9.90 Å². The van der Waals surface area contributed by atoms with E-state index in [0.29, 0.717) is 6.54 Å². The number of rotatable bonds is 8. The third kappa shape index (κ3) is 8.39. The van der Waals surface area contributed by atoms with Crippen LogP contribution in [-0.2, 0) is 4.79 Å². The lowest BCUT2D eigenvalue weighted by Crippen LogP contribution is -2.40. The van der Waals surface area contributed by atoms with Crippen LogP contribution in [0.2, 0.25) is 0 Å². The smallest absolute Gasteiger partial charge is 0.234 e. The fourth-order valence-electron chi connectivity index (χ4n) is 1.22. The summed E-state index contributed by atoms with van der Waals surface area (Å²) >= 11 is 0. The number of aliphatic hydroxyl groups is 1. The molecule has 0 spiro atoms. The third-order valence-corrected chi connectivity index (χ3v) is 2.31. The van der Waals surface area contributed by atoms with Crippen LogP contribution in [0, 0.1) is 0 Å². The highest BCUT2D eigenvalue weighted by Gasteiger charge is 2.06. The van der Waals surface area contributed by atoms with Crippen molar-refractivity contribution in [2.45, 2.75) is 52.2 Å². The van der Waals surface area contributed by atoms with E-state index in [1.165, 1.54) is 0 Å². The van der Waals surface area contributed by atoms with Gasteiger partial charge in [0.05, 0.1) is 12.6 Å². The molecule has 2 atom stereocenters. The van der Waals surface area contributed by atoms with Gasteiger partial charge in [-0.25, -0.2) is 0 Å². The molecule has 0 aromatic rings. The molecule has 0 aliphatic carbocycles. The summed E-state index contributed by atoms with van der Waals surface area (Å²) in [5, 5.41) is 15.2. The molecule has 0 radical (unpaired) electrons. The average molecular weight is 216 g/mol. The molecular weight excluding hydrogens is 192 g/mol. The van der Waals surface area contributed by atoms with Gasteiger partial charge in [0, 0.05) is 12.6 Å². The minimum atomic E-state index is -0.341. The van der Waals surface area contributed by atoms with E-state index in [-0.39, 0.29) is 24.6 Å². The van der Waals surface area contributed by atoms with Gasteiger partial charge < -0.3 is 15.7 Å². The molecule has 1 amide bonds. The Bertz CT molecular complexity index is 174. The van der Waals surface area contributed by atoms with Crippen LogP contribution in [0.1, 0.15) is 40.0 Å². The van der Waals surface area contributed by atoms with Gasteiger partial charge >= 0.3 is 0 Å². The average Bonchev–Trinajstić information content (AvgIpc) is 2.18. The van der Waals surface area contributed by atoms with Gasteiger partial charge in [-0.2, -0.15) is 0 Å². The van der Waals surface area contributed by atoms with Gasteiger partial charge in [0.1, 0.15) is 0 Å². The number of hydrogen-bond acceptors (Lipinski definition) is 3. The highest BCUT2D eigenvalue weighted by Crippen LogP contribution is 1.93. The number of carbonyl (C=O) groups excluding carboxylic acids is 1. The van der Waals surface area contributed by atoms with Crippen molar-refractivity contribution in [2.75, 3.05) is 13.1 Å². The first-order valence-electron chi connectivity index (χ1n) is 5.78. The minimum Gasteiger partial charge on any atom is -0.392 e. The Hall–Kier alpha value is -0.610. The molecule has 3 N–H and O–H groups in total. The maximum Gasteiger partial charge on any atom is 0.234 e. The highest BCUT2D eigenvalue weighted by molar-refractivity contribution is 5.78. The fraction of sp³-hybridized carbons (Fsp3) is 0.909. The molecule has 2 unspecified atom stereocenters. The van der Waals surface area contributed by atoms with Gasteiger partial charge in [0.25, 0.3) is 0 Å². The zero-order valence-corrected chi connectivity index (χ0v) is 10.0. The van der Waals surface area contributed by atoms with E-state index in [0.717, 1.165) is 19.3 Å². The normalized spacial score (nSPS) is 14.7. The van der Waals surface area contributed by atoms with Crippen molar-refractivity contribution >= 4 is 5.91 Å². The lowest BCUT2D eigenvalue weighted by Gasteiger charge is -2.13. The van der Waals surface area contributed by atoms with Crippen molar-refractivity contribution in [1.29, 1.82) is 0 Å². The summed E-state index contributed by atoms with van der Waals surface area (Å²) in [6.07, 6.45) is 2.33. The second-order valence-corrected chi connectivity index (χ2v) is 3.95. The molecule has 0 bridgehead atoms. The van der Waals surface area contributed by atoms with Gasteiger partial charge in [-0.3, -0.25) is 4.79 Å². The molecule has 90 valence electrons. The number of aliphatic hydroxyl groups excluding tert-OH is 1. The van der Waals surface area contributed by atoms with Crippen LogP contribution in [0.5, 0.6) is 0 Å². The van der Waals surface area contributed by atoms with E-state index in [2.05, 4.69) is 10.6 Å². The van der Waals surface area contributed by atoms with Gasteiger partial charge in [-0.1, -0.05) is 20.3 Å². The maximum atomic E-state index is 11.3. The SMILES string of the molecule is CCCC(O)CNCC(=O)NC(C)CC. The largest absolute Gasteiger partial charge is 0.392 e. The van der Waals surface area contributed by atoms with Crippen LogP contribution < -0.4 is 10.6 Å². The Morgan fingerprint density at radius 2 is 2.07 bits per heavy atom. The van der Waals surface area contributed by atoms with Gasteiger partial charge in [0.15, 0.2) is 0 Å². The topological polar surface area (TPSA) is 61.4 Å². The first kappa shape index (κ1) is 14.4. The fourth-order valence-corrected chi connectivity index (χ4v) is 1.22. The van der Waals surface area contributed by atoms with Gasteiger partial charge in [-0.05, 0) is 19.8 Å². The molecule has 0 saturated carbocycles. The zero-order valence-electron chi connectivity index (χ0n) is 10.0. The Kier molecular flexibility index (Phi) is 8.33. The van der Waals surface area contributed by atoms with Crippen LogP contribution in [0.4, 0.5) is 0 Å². The molecule has 0 fully saturated rings. The first-order valence-corrected chi connectivity index (χ1v) is 5.78. The summed E-state index contributed by atoms with van der Waals surface area (Å²) in [6.45, 7) is 6.80. The third-order valence-electron chi connectivity index (χ3n) is 2.31. The number of amides is 1. The summed E-state index contributed by atoms with van der Waals surface area (Å²) in [6, 6.07) is 0.222. The predicted octanol–water partition coefficient (Wildman–Crippen LogP) is 0.652. The van der Waals surface area contributed by atoms with Crippen molar-refractivity contribution in [3.8, 4) is 0 Å². The van der Waals surface area contributed by atoms with E-state index < -0.39 is 0 Å². The van der Waals surface area contributed by atoms with E-state index in [1.54, 1.807) is 0 Å². The molecule has 4 heteroatoms. The van der Waals surface area contributed by atoms with Crippen LogP contribution in [0.15, 0.2) is 0 Å². The molecule has 0 aromatic heterocycles. The Morgan fingerprint density at radius 3 is 2.60 bits per heavy atom. The number of nitrogens with one attached hydrogen (secondary N) is 2. The monoisotopic (exact) mass is 216 g/mol. The van der Waals surface area contributed by atoms with Crippen LogP contribution in [0.25, 0.3) is 0 Å². The zero-order chi connectivity index (χ0) is 11.7. The Morgan fingerprint density at radius 1 is 1.40 bits per heavy atom. The quantitative estimate of drug-likeness (QED) is 0.558. The van der Waals surface area contributed by atoms with E-state index in [9.17, 15) is 9.90 Å². The molecule has 0 heterocycles. The molecule has 0 aliphatic heterocycles.